The summed E-state index contributed by atoms with van der Waals surface area (Å²) in [5.74, 6) is -0.903. The molecular weight excluding hydrogens is 642 g/mol. The Hall–Kier alpha value is -3.20. The van der Waals surface area contributed by atoms with Crippen molar-refractivity contribution in [3.05, 3.63) is 28.0 Å². The van der Waals surface area contributed by atoms with E-state index in [4.69, 9.17) is 36.5 Å². The van der Waals surface area contributed by atoms with Crippen molar-refractivity contribution in [3.8, 4) is 23.0 Å². The second kappa shape index (κ2) is 12.0. The van der Waals surface area contributed by atoms with Crippen LogP contribution in [-0.4, -0.2) is 91.6 Å². The van der Waals surface area contributed by atoms with E-state index in [1.807, 2.05) is 7.05 Å². The molecule has 1 aromatic carbocycles. The molecule has 7 rings (SSSR count). The first kappa shape index (κ1) is 32.4. The summed E-state index contributed by atoms with van der Waals surface area (Å²) in [7, 11) is 1.84. The lowest BCUT2D eigenvalue weighted by molar-refractivity contribution is -0.137. The van der Waals surface area contributed by atoms with Crippen molar-refractivity contribution in [2.24, 2.45) is 5.41 Å². The van der Waals surface area contributed by atoms with Gasteiger partial charge in [0, 0.05) is 50.1 Å². The second-order valence-electron chi connectivity index (χ2n) is 13.2. The Morgan fingerprint density at radius 2 is 1.83 bits per heavy atom. The fourth-order valence-electron chi connectivity index (χ4n) is 6.98. The number of anilines is 2. The maximum absolute atomic E-state index is 17.0. The standard InChI is InChI=1S/C32H38ClF4N7O3/c1-18-15-19(38)40-25(22(18)32(35,36)37)20-23(33)27-21-26(24(20)34)41-29(47-17-30(3-4-30)16-43-10-13-45-14-11-43)42-28(21)44(9-8-39-2)31(5-6-31)7-12-46-27/h15,39H,3-14,16-17H2,1-2H3,(H2,38,40). The topological polar surface area (TPSA) is 111 Å². The largest absolute Gasteiger partial charge is 0.491 e. The average molecular weight is 680 g/mol. The molecule has 0 radical (unpaired) electrons. The van der Waals surface area contributed by atoms with Crippen LogP contribution in [0.5, 0.6) is 11.8 Å². The van der Waals surface area contributed by atoms with Gasteiger partial charge in [0.2, 0.25) is 0 Å². The highest BCUT2D eigenvalue weighted by Gasteiger charge is 2.51. The molecule has 4 heterocycles. The minimum atomic E-state index is -4.87. The fourth-order valence-corrected chi connectivity index (χ4v) is 7.31. The molecule has 2 aliphatic carbocycles. The van der Waals surface area contributed by atoms with E-state index in [0.717, 1.165) is 51.4 Å². The molecule has 254 valence electrons. The van der Waals surface area contributed by atoms with E-state index in [9.17, 15) is 13.2 Å². The zero-order valence-corrected chi connectivity index (χ0v) is 27.2. The van der Waals surface area contributed by atoms with Crippen LogP contribution in [-0.2, 0) is 10.9 Å². The molecule has 15 heteroatoms. The molecular formula is C32H38ClF4N7O3. The van der Waals surface area contributed by atoms with Gasteiger partial charge in [0.25, 0.3) is 0 Å². The van der Waals surface area contributed by atoms with E-state index in [1.165, 1.54) is 6.92 Å². The van der Waals surface area contributed by atoms with E-state index in [1.54, 1.807) is 0 Å². The highest BCUT2D eigenvalue weighted by Crippen LogP contribution is 2.54. The van der Waals surface area contributed by atoms with Crippen molar-refractivity contribution >= 4 is 34.1 Å². The molecule has 2 saturated carbocycles. The predicted octanol–water partition coefficient (Wildman–Crippen LogP) is 5.23. The van der Waals surface area contributed by atoms with Crippen molar-refractivity contribution in [2.45, 2.75) is 50.7 Å². The Morgan fingerprint density at radius 1 is 1.09 bits per heavy atom. The monoisotopic (exact) mass is 679 g/mol. The maximum atomic E-state index is 17.0. The number of morpholine rings is 1. The molecule has 10 nitrogen and oxygen atoms in total. The summed E-state index contributed by atoms with van der Waals surface area (Å²) in [5, 5.41) is 3.02. The molecule has 1 saturated heterocycles. The number of nitrogen functional groups attached to an aromatic ring is 1. The summed E-state index contributed by atoms with van der Waals surface area (Å²) >= 11 is 6.84. The number of nitrogens with one attached hydrogen (secondary N) is 1. The Balaban J connectivity index is 1.40. The Labute approximate surface area is 274 Å². The van der Waals surface area contributed by atoms with Gasteiger partial charge in [0.15, 0.2) is 11.6 Å². The molecule has 0 unspecified atom stereocenters. The molecule has 0 bridgehead atoms. The van der Waals surface area contributed by atoms with Crippen molar-refractivity contribution in [1.29, 1.82) is 0 Å². The van der Waals surface area contributed by atoms with Gasteiger partial charge < -0.3 is 30.2 Å². The molecule has 3 fully saturated rings. The molecule has 1 spiro atoms. The second-order valence-corrected chi connectivity index (χ2v) is 13.6. The van der Waals surface area contributed by atoms with Crippen molar-refractivity contribution < 1.29 is 31.8 Å². The number of nitrogens with zero attached hydrogens (tertiary/aromatic N) is 5. The van der Waals surface area contributed by atoms with Gasteiger partial charge >= 0.3 is 12.2 Å². The third kappa shape index (κ3) is 6.02. The predicted molar refractivity (Wildman–Crippen MR) is 170 cm³/mol. The van der Waals surface area contributed by atoms with Crippen molar-refractivity contribution in [2.75, 3.05) is 76.8 Å². The number of aryl methyl sites for hydroxylation is 1. The molecule has 47 heavy (non-hydrogen) atoms. The van der Waals surface area contributed by atoms with Crippen LogP contribution in [0.4, 0.5) is 29.2 Å². The average Bonchev–Trinajstić information content (AvgIpc) is 3.95. The third-order valence-corrected chi connectivity index (χ3v) is 10.2. The van der Waals surface area contributed by atoms with Crippen LogP contribution in [0.2, 0.25) is 5.02 Å². The van der Waals surface area contributed by atoms with Crippen molar-refractivity contribution in [3.63, 3.8) is 0 Å². The molecule has 2 aromatic heterocycles. The Morgan fingerprint density at radius 3 is 2.49 bits per heavy atom. The lowest BCUT2D eigenvalue weighted by Crippen LogP contribution is -2.44. The highest BCUT2D eigenvalue weighted by molar-refractivity contribution is 6.36. The van der Waals surface area contributed by atoms with E-state index in [-0.39, 0.29) is 56.6 Å². The smallest absolute Gasteiger partial charge is 0.418 e. The van der Waals surface area contributed by atoms with Crippen molar-refractivity contribution in [1.82, 2.24) is 25.2 Å². The van der Waals surface area contributed by atoms with E-state index < -0.39 is 28.8 Å². The molecule has 3 N–H and O–H groups in total. The summed E-state index contributed by atoms with van der Waals surface area (Å²) in [6.07, 6.45) is -0.550. The van der Waals surface area contributed by atoms with Crippen LogP contribution in [0, 0.1) is 18.2 Å². The highest BCUT2D eigenvalue weighted by atomic mass is 35.5. The van der Waals surface area contributed by atoms with Gasteiger partial charge in [-0.2, -0.15) is 23.1 Å². The minimum Gasteiger partial charge on any atom is -0.491 e. The quantitative estimate of drug-likeness (QED) is 0.292. The van der Waals surface area contributed by atoms with Crippen LogP contribution in [0.25, 0.3) is 22.2 Å². The number of aromatic nitrogens is 3. The number of halogens is 5. The van der Waals surface area contributed by atoms with Gasteiger partial charge in [0.1, 0.15) is 17.2 Å². The Bertz CT molecular complexity index is 1690. The van der Waals surface area contributed by atoms with Gasteiger partial charge in [-0.05, 0) is 51.3 Å². The Kier molecular flexibility index (Phi) is 8.29. The summed E-state index contributed by atoms with van der Waals surface area (Å²) in [4.78, 5) is 17.8. The zero-order valence-electron chi connectivity index (χ0n) is 26.4. The van der Waals surface area contributed by atoms with Gasteiger partial charge in [-0.15, -0.1) is 0 Å². The summed E-state index contributed by atoms with van der Waals surface area (Å²) in [6.45, 7) is 6.82. The fraction of sp³-hybridized carbons (Fsp3) is 0.594. The van der Waals surface area contributed by atoms with Gasteiger partial charge in [0.05, 0.1) is 53.7 Å². The van der Waals surface area contributed by atoms with E-state index >= 15 is 4.39 Å². The first-order chi connectivity index (χ1) is 22.5. The molecule has 4 aliphatic rings. The minimum absolute atomic E-state index is 0.00515. The van der Waals surface area contributed by atoms with Crippen LogP contribution in [0.15, 0.2) is 6.07 Å². The maximum Gasteiger partial charge on any atom is 0.418 e. The number of likely N-dealkylation sites (N-methyl/N-ethyl adjacent to an activating group) is 1. The summed E-state index contributed by atoms with van der Waals surface area (Å²) in [6, 6.07) is 1.04. The number of hydrogen-bond donors (Lipinski definition) is 2. The number of pyridine rings is 1. The zero-order chi connectivity index (χ0) is 33.1. The normalized spacial score (nSPS) is 20.2. The molecule has 0 atom stereocenters. The van der Waals surface area contributed by atoms with E-state index in [0.29, 0.717) is 45.1 Å². The third-order valence-electron chi connectivity index (χ3n) is 9.88. The summed E-state index contributed by atoms with van der Waals surface area (Å²) in [5.41, 5.74) is 2.65. The first-order valence-corrected chi connectivity index (χ1v) is 16.4. The van der Waals surface area contributed by atoms with Gasteiger partial charge in [-0.25, -0.2) is 9.37 Å². The van der Waals surface area contributed by atoms with Gasteiger partial charge in [-0.1, -0.05) is 11.6 Å². The summed E-state index contributed by atoms with van der Waals surface area (Å²) < 4.78 is 78.3. The number of benzene rings is 1. The number of rotatable bonds is 9. The molecule has 3 aromatic rings. The lowest BCUT2D eigenvalue weighted by Gasteiger charge is -2.36. The lowest BCUT2D eigenvalue weighted by atomic mass is 9.97. The molecule has 2 aliphatic heterocycles. The molecule has 0 amide bonds. The van der Waals surface area contributed by atoms with Crippen LogP contribution < -0.4 is 25.4 Å². The first-order valence-electron chi connectivity index (χ1n) is 16.0. The van der Waals surface area contributed by atoms with Crippen LogP contribution in [0.3, 0.4) is 0 Å². The van der Waals surface area contributed by atoms with Crippen LogP contribution in [0.1, 0.15) is 43.2 Å². The SMILES string of the molecule is CNCCN1c2nc(OCC3(CN4CCOCC4)CC3)nc3c(F)c(-c4nc(N)cc(C)c4C(F)(F)F)c(Cl)c(c23)OCCC12CC2. The van der Waals surface area contributed by atoms with E-state index in [2.05, 4.69) is 25.1 Å². The number of ether oxygens (including phenoxy) is 3. The number of hydrogen-bond acceptors (Lipinski definition) is 10. The van der Waals surface area contributed by atoms with Gasteiger partial charge in [-0.3, -0.25) is 4.90 Å². The van der Waals surface area contributed by atoms with Crippen LogP contribution >= 0.6 is 11.6 Å². The number of nitrogens with two attached hydrogens (primary N) is 1. The number of alkyl halides is 3.